The van der Waals surface area contributed by atoms with Crippen LogP contribution in [0.25, 0.3) is 11.3 Å². The summed E-state index contributed by atoms with van der Waals surface area (Å²) in [4.78, 5) is 14.2. The van der Waals surface area contributed by atoms with Crippen LogP contribution in [0.1, 0.15) is 23.4 Å². The van der Waals surface area contributed by atoms with E-state index >= 15 is 0 Å². The van der Waals surface area contributed by atoms with E-state index in [9.17, 15) is 0 Å². The highest BCUT2D eigenvalue weighted by Gasteiger charge is 2.22. The third-order valence-corrected chi connectivity index (χ3v) is 6.80. The molecule has 2 aromatic heterocycles. The molecule has 164 valence electrons. The van der Waals surface area contributed by atoms with Gasteiger partial charge in [0, 0.05) is 50.1 Å². The van der Waals surface area contributed by atoms with Crippen LogP contribution in [0.5, 0.6) is 0 Å². The lowest BCUT2D eigenvalue weighted by Gasteiger charge is -2.34. The van der Waals surface area contributed by atoms with E-state index in [1.54, 1.807) is 18.4 Å². The summed E-state index contributed by atoms with van der Waals surface area (Å²) in [5.74, 6) is 0.731. The first-order chi connectivity index (χ1) is 15.3. The Morgan fingerprint density at radius 2 is 1.84 bits per heavy atom. The molecule has 5 nitrogen and oxygen atoms in total. The topological polar surface area (TPSA) is 41.5 Å². The van der Waals surface area contributed by atoms with Crippen molar-refractivity contribution in [2.75, 3.05) is 39.9 Å². The molecule has 0 radical (unpaired) electrons. The molecule has 3 heterocycles. The Labute approximate surface area is 189 Å². The van der Waals surface area contributed by atoms with Gasteiger partial charge in [0.15, 0.2) is 0 Å². The summed E-state index contributed by atoms with van der Waals surface area (Å²) >= 11 is 1.77. The summed E-state index contributed by atoms with van der Waals surface area (Å²) in [6.45, 7) is 7.16. The monoisotopic (exact) mass is 436 g/mol. The number of hydrogen-bond donors (Lipinski definition) is 0. The minimum atomic E-state index is 0.731. The van der Waals surface area contributed by atoms with Gasteiger partial charge in [-0.2, -0.15) is 0 Å². The molecule has 3 aromatic rings. The van der Waals surface area contributed by atoms with Crippen LogP contribution in [0.4, 0.5) is 0 Å². The van der Waals surface area contributed by atoms with Crippen molar-refractivity contribution in [3.8, 4) is 11.3 Å². The van der Waals surface area contributed by atoms with E-state index < -0.39 is 0 Å². The molecule has 0 N–H and O–H groups in total. The number of hydrogen-bond acceptors (Lipinski definition) is 6. The third kappa shape index (κ3) is 6.68. The summed E-state index contributed by atoms with van der Waals surface area (Å²) in [6, 6.07) is 14.7. The van der Waals surface area contributed by atoms with Gasteiger partial charge in [0.25, 0.3) is 0 Å². The molecule has 0 spiro atoms. The highest BCUT2D eigenvalue weighted by atomic mass is 32.1. The van der Waals surface area contributed by atoms with Crippen LogP contribution in [-0.2, 0) is 17.8 Å². The molecule has 0 unspecified atom stereocenters. The molecule has 6 heteroatoms. The highest BCUT2D eigenvalue weighted by molar-refractivity contribution is 7.09. The fourth-order valence-electron chi connectivity index (χ4n) is 4.23. The maximum atomic E-state index is 5.24. The molecule has 31 heavy (non-hydrogen) atoms. The summed E-state index contributed by atoms with van der Waals surface area (Å²) < 4.78 is 5.24. The van der Waals surface area contributed by atoms with Crippen molar-refractivity contribution in [2.45, 2.75) is 25.9 Å². The number of rotatable bonds is 10. The van der Waals surface area contributed by atoms with Crippen molar-refractivity contribution in [3.63, 3.8) is 0 Å². The Kier molecular flexibility index (Phi) is 8.18. The lowest BCUT2D eigenvalue weighted by Crippen LogP contribution is -2.39. The molecule has 0 bridgehead atoms. The predicted octanol–water partition coefficient (Wildman–Crippen LogP) is 4.57. The minimum Gasteiger partial charge on any atom is -0.383 e. The molecule has 1 aliphatic rings. The number of nitrogens with zero attached hydrogens (tertiary/aromatic N) is 4. The SMILES string of the molecule is COCCN1CCC(CN(Cc2ccncc2)Cc2nc(-c3ccccc3)cs2)CC1. The van der Waals surface area contributed by atoms with Gasteiger partial charge in [0.05, 0.1) is 18.8 Å². The van der Waals surface area contributed by atoms with Crippen LogP contribution in [0.2, 0.25) is 0 Å². The van der Waals surface area contributed by atoms with Gasteiger partial charge < -0.3 is 9.64 Å². The second kappa shape index (κ2) is 11.5. The number of aromatic nitrogens is 2. The fourth-order valence-corrected chi connectivity index (χ4v) is 5.07. The maximum Gasteiger partial charge on any atom is 0.107 e. The van der Waals surface area contributed by atoms with Crippen molar-refractivity contribution in [2.24, 2.45) is 5.92 Å². The van der Waals surface area contributed by atoms with E-state index in [0.29, 0.717) is 0 Å². The summed E-state index contributed by atoms with van der Waals surface area (Å²) in [5, 5.41) is 3.37. The van der Waals surface area contributed by atoms with Gasteiger partial charge in [-0.3, -0.25) is 9.88 Å². The van der Waals surface area contributed by atoms with Gasteiger partial charge in [-0.05, 0) is 49.5 Å². The van der Waals surface area contributed by atoms with E-state index in [1.165, 1.54) is 42.1 Å². The molecule has 1 saturated heterocycles. The number of pyridine rings is 1. The number of benzene rings is 1. The Balaban J connectivity index is 1.40. The second-order valence-electron chi connectivity index (χ2n) is 8.30. The van der Waals surface area contributed by atoms with Gasteiger partial charge >= 0.3 is 0 Å². The van der Waals surface area contributed by atoms with Gasteiger partial charge in [-0.1, -0.05) is 30.3 Å². The van der Waals surface area contributed by atoms with Gasteiger partial charge in [0.2, 0.25) is 0 Å². The molecule has 0 amide bonds. The Morgan fingerprint density at radius 3 is 2.58 bits per heavy atom. The first-order valence-corrected chi connectivity index (χ1v) is 12.0. The van der Waals surface area contributed by atoms with Crippen molar-refractivity contribution < 1.29 is 4.74 Å². The van der Waals surface area contributed by atoms with Crippen LogP contribution >= 0.6 is 11.3 Å². The number of likely N-dealkylation sites (tertiary alicyclic amines) is 1. The quantitative estimate of drug-likeness (QED) is 0.466. The first-order valence-electron chi connectivity index (χ1n) is 11.1. The Morgan fingerprint density at radius 1 is 1.06 bits per heavy atom. The lowest BCUT2D eigenvalue weighted by atomic mass is 9.96. The maximum absolute atomic E-state index is 5.24. The summed E-state index contributed by atoms with van der Waals surface area (Å²) in [7, 11) is 1.78. The second-order valence-corrected chi connectivity index (χ2v) is 9.24. The average Bonchev–Trinajstić information content (AvgIpc) is 3.28. The molecule has 4 rings (SSSR count). The number of thiazole rings is 1. The van der Waals surface area contributed by atoms with E-state index in [2.05, 4.69) is 56.6 Å². The average molecular weight is 437 g/mol. The summed E-state index contributed by atoms with van der Waals surface area (Å²) in [5.41, 5.74) is 3.58. The Hall–Kier alpha value is -2.12. The molecule has 0 aliphatic carbocycles. The van der Waals surface area contributed by atoms with Gasteiger partial charge in [-0.25, -0.2) is 4.98 Å². The van der Waals surface area contributed by atoms with Crippen LogP contribution < -0.4 is 0 Å². The van der Waals surface area contributed by atoms with Crippen molar-refractivity contribution in [1.29, 1.82) is 0 Å². The van der Waals surface area contributed by atoms with Crippen LogP contribution in [0.3, 0.4) is 0 Å². The van der Waals surface area contributed by atoms with E-state index in [1.807, 2.05) is 18.5 Å². The predicted molar refractivity (Wildman–Crippen MR) is 127 cm³/mol. The molecule has 0 saturated carbocycles. The minimum absolute atomic E-state index is 0.731. The highest BCUT2D eigenvalue weighted by Crippen LogP contribution is 2.25. The van der Waals surface area contributed by atoms with Crippen molar-refractivity contribution in [3.05, 3.63) is 70.8 Å². The zero-order valence-electron chi connectivity index (χ0n) is 18.3. The molecular weight excluding hydrogens is 404 g/mol. The Bertz CT molecular complexity index is 894. The van der Waals surface area contributed by atoms with Crippen molar-refractivity contribution in [1.82, 2.24) is 19.8 Å². The molecule has 1 fully saturated rings. The largest absolute Gasteiger partial charge is 0.383 e. The van der Waals surface area contributed by atoms with Crippen LogP contribution in [0, 0.1) is 5.92 Å². The fraction of sp³-hybridized carbons (Fsp3) is 0.440. The zero-order chi connectivity index (χ0) is 21.3. The molecular formula is C25H32N4OS. The van der Waals surface area contributed by atoms with E-state index in [4.69, 9.17) is 9.72 Å². The lowest BCUT2D eigenvalue weighted by molar-refractivity contribution is 0.104. The van der Waals surface area contributed by atoms with Crippen LogP contribution in [0.15, 0.2) is 60.2 Å². The van der Waals surface area contributed by atoms with Crippen LogP contribution in [-0.4, -0.2) is 59.7 Å². The van der Waals surface area contributed by atoms with Gasteiger partial charge in [0.1, 0.15) is 5.01 Å². The molecule has 0 atom stereocenters. The van der Waals surface area contributed by atoms with Crippen molar-refractivity contribution >= 4 is 11.3 Å². The number of piperidine rings is 1. The van der Waals surface area contributed by atoms with Gasteiger partial charge in [-0.15, -0.1) is 11.3 Å². The number of ether oxygens (including phenoxy) is 1. The standard InChI is InChI=1S/C25H32N4OS/c1-30-16-15-28-13-9-22(10-14-28)18-29(17-21-7-11-26-12-8-21)19-25-27-24(20-31-25)23-5-3-2-4-6-23/h2-8,11-12,20,22H,9-10,13-19H2,1H3. The van der Waals surface area contributed by atoms with E-state index in [0.717, 1.165) is 44.4 Å². The zero-order valence-corrected chi connectivity index (χ0v) is 19.1. The first kappa shape index (κ1) is 22.1. The smallest absolute Gasteiger partial charge is 0.107 e. The normalized spacial score (nSPS) is 15.5. The van der Waals surface area contributed by atoms with E-state index in [-0.39, 0.29) is 0 Å². The summed E-state index contributed by atoms with van der Waals surface area (Å²) in [6.07, 6.45) is 6.28. The molecule has 1 aromatic carbocycles. The number of methoxy groups -OCH3 is 1. The molecule has 1 aliphatic heterocycles. The third-order valence-electron chi connectivity index (χ3n) is 5.97.